The maximum Gasteiger partial charge on any atom is 0.239 e. The summed E-state index contributed by atoms with van der Waals surface area (Å²) in [6.45, 7) is 3.89. The minimum Gasteiger partial charge on any atom is -0.375 e. The molecule has 1 fully saturated rings. The first-order valence-corrected chi connectivity index (χ1v) is 6.92. The summed E-state index contributed by atoms with van der Waals surface area (Å²) >= 11 is 5.91. The van der Waals surface area contributed by atoms with Gasteiger partial charge < -0.3 is 15.4 Å². The second-order valence-corrected chi connectivity index (χ2v) is 5.12. The fourth-order valence-electron chi connectivity index (χ4n) is 2.16. The number of benzene rings is 1. The molecule has 1 saturated heterocycles. The summed E-state index contributed by atoms with van der Waals surface area (Å²) in [5.41, 5.74) is 1.12. The lowest BCUT2D eigenvalue weighted by Crippen LogP contribution is -2.55. The van der Waals surface area contributed by atoms with Crippen LogP contribution in [0.4, 0.5) is 0 Å². The molecule has 0 aliphatic carbocycles. The van der Waals surface area contributed by atoms with E-state index in [0.717, 1.165) is 23.6 Å². The minimum atomic E-state index is -0.256. The van der Waals surface area contributed by atoms with Crippen LogP contribution in [-0.2, 0) is 16.0 Å². The van der Waals surface area contributed by atoms with Crippen LogP contribution in [0.2, 0.25) is 5.02 Å². The molecule has 112 valence electrons. The van der Waals surface area contributed by atoms with Gasteiger partial charge in [-0.05, 0) is 31.0 Å². The Kier molecular flexibility index (Phi) is 7.30. The number of amides is 1. The van der Waals surface area contributed by atoms with Gasteiger partial charge in [0.05, 0.1) is 12.7 Å². The fourth-order valence-corrected chi connectivity index (χ4v) is 2.37. The van der Waals surface area contributed by atoms with Gasteiger partial charge in [0.1, 0.15) is 6.04 Å². The highest BCUT2D eigenvalue weighted by molar-refractivity contribution is 6.30. The van der Waals surface area contributed by atoms with E-state index in [9.17, 15) is 4.79 Å². The lowest BCUT2D eigenvalue weighted by molar-refractivity contribution is -0.128. The quantitative estimate of drug-likeness (QED) is 0.890. The van der Waals surface area contributed by atoms with Crippen LogP contribution in [0.25, 0.3) is 0 Å². The standard InChI is InChI=1S/C14H19ClN2O2.ClH/c1-10-13(16-7-8-19-10)14(18)17-6-5-11-3-2-4-12(15)9-11;/h2-4,9-10,13,16H,5-8H2,1H3,(H,17,18);1H/t10-,13+;/m1./s1. The Bertz CT molecular complexity index is 443. The monoisotopic (exact) mass is 318 g/mol. The van der Waals surface area contributed by atoms with Gasteiger partial charge in [0.15, 0.2) is 0 Å². The van der Waals surface area contributed by atoms with E-state index in [1.54, 1.807) is 0 Å². The van der Waals surface area contributed by atoms with E-state index in [-0.39, 0.29) is 30.5 Å². The largest absolute Gasteiger partial charge is 0.375 e. The smallest absolute Gasteiger partial charge is 0.239 e. The van der Waals surface area contributed by atoms with Gasteiger partial charge in [0.25, 0.3) is 0 Å². The molecule has 0 radical (unpaired) electrons. The number of carbonyl (C=O) groups excluding carboxylic acids is 1. The van der Waals surface area contributed by atoms with E-state index in [1.807, 2.05) is 31.2 Å². The van der Waals surface area contributed by atoms with Gasteiger partial charge in [-0.3, -0.25) is 4.79 Å². The van der Waals surface area contributed by atoms with E-state index in [0.29, 0.717) is 13.2 Å². The third-order valence-electron chi connectivity index (χ3n) is 3.20. The van der Waals surface area contributed by atoms with Crippen LogP contribution in [0.1, 0.15) is 12.5 Å². The molecule has 1 aliphatic heterocycles. The van der Waals surface area contributed by atoms with Crippen LogP contribution in [0.3, 0.4) is 0 Å². The SMILES string of the molecule is C[C@H]1OCCN[C@@H]1C(=O)NCCc1cccc(Cl)c1.Cl. The third-order valence-corrected chi connectivity index (χ3v) is 3.44. The number of ether oxygens (including phenoxy) is 1. The molecule has 2 atom stereocenters. The van der Waals surface area contributed by atoms with Crippen molar-refractivity contribution in [3.05, 3.63) is 34.9 Å². The number of hydrogen-bond acceptors (Lipinski definition) is 3. The molecule has 0 bridgehead atoms. The predicted octanol–water partition coefficient (Wildman–Crippen LogP) is 1.80. The van der Waals surface area contributed by atoms with Gasteiger partial charge in [-0.25, -0.2) is 0 Å². The predicted molar refractivity (Wildman–Crippen MR) is 82.6 cm³/mol. The highest BCUT2D eigenvalue weighted by Gasteiger charge is 2.27. The third kappa shape index (κ3) is 4.94. The number of rotatable bonds is 4. The maximum absolute atomic E-state index is 12.0. The van der Waals surface area contributed by atoms with E-state index in [4.69, 9.17) is 16.3 Å². The summed E-state index contributed by atoms with van der Waals surface area (Å²) in [6, 6.07) is 7.42. The van der Waals surface area contributed by atoms with Crippen molar-refractivity contribution >= 4 is 29.9 Å². The Balaban J connectivity index is 0.00000200. The summed E-state index contributed by atoms with van der Waals surface area (Å²) in [6.07, 6.45) is 0.689. The molecule has 0 unspecified atom stereocenters. The maximum atomic E-state index is 12.0. The lowest BCUT2D eigenvalue weighted by atomic mass is 10.1. The Morgan fingerprint density at radius 2 is 2.35 bits per heavy atom. The summed E-state index contributed by atoms with van der Waals surface area (Å²) in [5.74, 6) is -0.00534. The molecule has 4 nitrogen and oxygen atoms in total. The molecular weight excluding hydrogens is 299 g/mol. The molecule has 6 heteroatoms. The van der Waals surface area contributed by atoms with Gasteiger partial charge in [-0.1, -0.05) is 23.7 Å². The molecule has 1 heterocycles. The van der Waals surface area contributed by atoms with Gasteiger partial charge in [-0.15, -0.1) is 12.4 Å². The summed E-state index contributed by atoms with van der Waals surface area (Å²) in [5, 5.41) is 6.82. The number of nitrogens with one attached hydrogen (secondary N) is 2. The van der Waals surface area contributed by atoms with E-state index < -0.39 is 0 Å². The first-order valence-electron chi connectivity index (χ1n) is 6.54. The second kappa shape index (κ2) is 8.47. The van der Waals surface area contributed by atoms with Gasteiger partial charge in [0.2, 0.25) is 5.91 Å². The molecule has 20 heavy (non-hydrogen) atoms. The highest BCUT2D eigenvalue weighted by atomic mass is 35.5. The van der Waals surface area contributed by atoms with Crippen LogP contribution in [0.15, 0.2) is 24.3 Å². The highest BCUT2D eigenvalue weighted by Crippen LogP contribution is 2.10. The van der Waals surface area contributed by atoms with E-state index in [2.05, 4.69) is 10.6 Å². The molecule has 2 N–H and O–H groups in total. The molecule has 2 rings (SSSR count). The molecule has 1 aromatic carbocycles. The first kappa shape index (κ1) is 17.2. The van der Waals surface area contributed by atoms with Crippen molar-refractivity contribution in [1.29, 1.82) is 0 Å². The zero-order valence-corrected chi connectivity index (χ0v) is 13.0. The average Bonchev–Trinajstić information content (AvgIpc) is 2.39. The molecule has 1 amide bonds. The number of carbonyl (C=O) groups is 1. The average molecular weight is 319 g/mol. The van der Waals surface area contributed by atoms with Crippen molar-refractivity contribution in [3.63, 3.8) is 0 Å². The van der Waals surface area contributed by atoms with E-state index >= 15 is 0 Å². The Hall–Kier alpha value is -0.810. The first-order chi connectivity index (χ1) is 9.16. The molecule has 1 aromatic rings. The Labute approximate surface area is 130 Å². The lowest BCUT2D eigenvalue weighted by Gasteiger charge is -2.29. The van der Waals surface area contributed by atoms with Crippen LogP contribution >= 0.6 is 24.0 Å². The number of hydrogen-bond donors (Lipinski definition) is 2. The normalized spacial score (nSPS) is 21.9. The molecule has 1 aliphatic rings. The van der Waals surface area contributed by atoms with Crippen LogP contribution in [0.5, 0.6) is 0 Å². The van der Waals surface area contributed by atoms with Crippen molar-refractivity contribution in [2.45, 2.75) is 25.5 Å². The van der Waals surface area contributed by atoms with Crippen molar-refractivity contribution in [2.75, 3.05) is 19.7 Å². The molecule has 0 spiro atoms. The summed E-state index contributed by atoms with van der Waals surface area (Å²) < 4.78 is 5.45. The van der Waals surface area contributed by atoms with Crippen molar-refractivity contribution < 1.29 is 9.53 Å². The fraction of sp³-hybridized carbons (Fsp3) is 0.500. The minimum absolute atomic E-state index is 0. The Morgan fingerprint density at radius 3 is 3.05 bits per heavy atom. The van der Waals surface area contributed by atoms with E-state index in [1.165, 1.54) is 0 Å². The zero-order valence-electron chi connectivity index (χ0n) is 11.4. The molecule has 0 aromatic heterocycles. The number of halogens is 2. The summed E-state index contributed by atoms with van der Waals surface area (Å²) in [4.78, 5) is 12.0. The Morgan fingerprint density at radius 1 is 1.55 bits per heavy atom. The van der Waals surface area contributed by atoms with Crippen molar-refractivity contribution in [1.82, 2.24) is 10.6 Å². The van der Waals surface area contributed by atoms with Gasteiger partial charge in [0, 0.05) is 18.1 Å². The molecular formula is C14H20Cl2N2O2. The zero-order chi connectivity index (χ0) is 13.7. The topological polar surface area (TPSA) is 50.4 Å². The van der Waals surface area contributed by atoms with Gasteiger partial charge in [-0.2, -0.15) is 0 Å². The molecule has 0 saturated carbocycles. The van der Waals surface area contributed by atoms with Crippen molar-refractivity contribution in [2.24, 2.45) is 0 Å². The van der Waals surface area contributed by atoms with Gasteiger partial charge >= 0.3 is 0 Å². The van der Waals surface area contributed by atoms with Crippen LogP contribution < -0.4 is 10.6 Å². The summed E-state index contributed by atoms with van der Waals surface area (Å²) in [7, 11) is 0. The second-order valence-electron chi connectivity index (χ2n) is 4.68. The van der Waals surface area contributed by atoms with Crippen molar-refractivity contribution in [3.8, 4) is 0 Å². The van der Waals surface area contributed by atoms with Crippen LogP contribution in [-0.4, -0.2) is 37.7 Å². The number of morpholine rings is 1. The van der Waals surface area contributed by atoms with Crippen LogP contribution in [0, 0.1) is 0 Å².